The molecule has 0 saturated heterocycles. The van der Waals surface area contributed by atoms with E-state index in [0.717, 1.165) is 19.3 Å². The van der Waals surface area contributed by atoms with Gasteiger partial charge in [-0.3, -0.25) is 4.79 Å². The molecule has 0 aromatic carbocycles. The van der Waals surface area contributed by atoms with Crippen LogP contribution in [-0.2, 0) is 0 Å². The van der Waals surface area contributed by atoms with Crippen molar-refractivity contribution in [2.75, 3.05) is 6.54 Å². The number of amides is 1. The van der Waals surface area contributed by atoms with Crippen molar-refractivity contribution in [2.45, 2.75) is 32.2 Å². The lowest BCUT2D eigenvalue weighted by Gasteiger charge is -2.15. The topological polar surface area (TPSA) is 68.3 Å². The number of hydrogen-bond acceptors (Lipinski definition) is 3. The smallest absolute Gasteiger partial charge is 0.254 e. The van der Waals surface area contributed by atoms with Crippen molar-refractivity contribution in [3.63, 3.8) is 0 Å². The number of carbonyl (C=O) groups is 1. The quantitative estimate of drug-likeness (QED) is 0.748. The van der Waals surface area contributed by atoms with E-state index in [0.29, 0.717) is 12.1 Å². The highest BCUT2D eigenvalue weighted by molar-refractivity contribution is 5.93. The zero-order valence-electron chi connectivity index (χ0n) is 9.03. The molecule has 0 aliphatic heterocycles. The first-order valence-corrected chi connectivity index (χ1v) is 5.31. The van der Waals surface area contributed by atoms with E-state index in [2.05, 4.69) is 12.2 Å². The van der Waals surface area contributed by atoms with Crippen molar-refractivity contribution >= 4 is 5.91 Å². The standard InChI is InChI=1S/C11H18N2O2/c1-2-3-4-10(7-12)13-11(14)9-5-6-15-8-9/h5-6,8,10H,2-4,7,12H2,1H3,(H,13,14). The predicted molar refractivity (Wildman–Crippen MR) is 58.5 cm³/mol. The zero-order chi connectivity index (χ0) is 11.1. The molecule has 1 aromatic heterocycles. The summed E-state index contributed by atoms with van der Waals surface area (Å²) in [7, 11) is 0. The molecule has 0 aliphatic carbocycles. The second-order valence-electron chi connectivity index (χ2n) is 3.56. The molecular weight excluding hydrogens is 192 g/mol. The highest BCUT2D eigenvalue weighted by atomic mass is 16.3. The molecule has 1 unspecified atom stereocenters. The summed E-state index contributed by atoms with van der Waals surface area (Å²) >= 11 is 0. The van der Waals surface area contributed by atoms with Crippen molar-refractivity contribution < 1.29 is 9.21 Å². The molecule has 1 aromatic rings. The maximum absolute atomic E-state index is 11.6. The van der Waals surface area contributed by atoms with Crippen LogP contribution < -0.4 is 11.1 Å². The average Bonchev–Trinajstić information content (AvgIpc) is 2.77. The Labute approximate surface area is 89.8 Å². The minimum absolute atomic E-state index is 0.0624. The predicted octanol–water partition coefficient (Wildman–Crippen LogP) is 1.53. The molecule has 4 heteroatoms. The fourth-order valence-corrected chi connectivity index (χ4v) is 1.36. The third-order valence-corrected chi connectivity index (χ3v) is 2.31. The van der Waals surface area contributed by atoms with E-state index in [1.54, 1.807) is 6.07 Å². The van der Waals surface area contributed by atoms with Gasteiger partial charge in [-0.25, -0.2) is 0 Å². The van der Waals surface area contributed by atoms with Crippen LogP contribution >= 0.6 is 0 Å². The molecule has 1 rings (SSSR count). The molecule has 0 aliphatic rings. The Kier molecular flexibility index (Phi) is 4.90. The summed E-state index contributed by atoms with van der Waals surface area (Å²) in [5.41, 5.74) is 6.12. The summed E-state index contributed by atoms with van der Waals surface area (Å²) in [6.07, 6.45) is 6.03. The van der Waals surface area contributed by atoms with Crippen molar-refractivity contribution in [3.8, 4) is 0 Å². The van der Waals surface area contributed by atoms with Gasteiger partial charge in [-0.2, -0.15) is 0 Å². The number of carbonyl (C=O) groups excluding carboxylic acids is 1. The molecule has 84 valence electrons. The highest BCUT2D eigenvalue weighted by Crippen LogP contribution is 2.03. The van der Waals surface area contributed by atoms with Crippen LogP contribution in [0.2, 0.25) is 0 Å². The van der Waals surface area contributed by atoms with Gasteiger partial charge in [-0.1, -0.05) is 19.8 Å². The van der Waals surface area contributed by atoms with E-state index < -0.39 is 0 Å². The lowest BCUT2D eigenvalue weighted by atomic mass is 10.1. The Morgan fingerprint density at radius 1 is 1.67 bits per heavy atom. The van der Waals surface area contributed by atoms with E-state index in [-0.39, 0.29) is 11.9 Å². The maximum atomic E-state index is 11.6. The fourth-order valence-electron chi connectivity index (χ4n) is 1.36. The number of rotatable bonds is 6. The first-order valence-electron chi connectivity index (χ1n) is 5.31. The van der Waals surface area contributed by atoms with Gasteiger partial charge in [0, 0.05) is 12.6 Å². The molecule has 0 radical (unpaired) electrons. The molecule has 4 nitrogen and oxygen atoms in total. The van der Waals surface area contributed by atoms with E-state index in [1.165, 1.54) is 12.5 Å². The SMILES string of the molecule is CCCCC(CN)NC(=O)c1ccoc1. The van der Waals surface area contributed by atoms with Crippen LogP contribution in [0.15, 0.2) is 23.0 Å². The Morgan fingerprint density at radius 2 is 2.47 bits per heavy atom. The summed E-state index contributed by atoms with van der Waals surface area (Å²) in [5.74, 6) is -0.115. The van der Waals surface area contributed by atoms with Gasteiger partial charge in [-0.15, -0.1) is 0 Å². The van der Waals surface area contributed by atoms with Crippen molar-refractivity contribution in [3.05, 3.63) is 24.2 Å². The van der Waals surface area contributed by atoms with Gasteiger partial charge in [0.05, 0.1) is 11.8 Å². The van der Waals surface area contributed by atoms with E-state index >= 15 is 0 Å². The molecule has 1 heterocycles. The zero-order valence-corrected chi connectivity index (χ0v) is 9.03. The summed E-state index contributed by atoms with van der Waals surface area (Å²) in [6, 6.07) is 1.70. The largest absolute Gasteiger partial charge is 0.472 e. The molecule has 0 fully saturated rings. The van der Waals surface area contributed by atoms with Gasteiger partial charge in [-0.05, 0) is 12.5 Å². The second-order valence-corrected chi connectivity index (χ2v) is 3.56. The first kappa shape index (κ1) is 11.8. The summed E-state index contributed by atoms with van der Waals surface area (Å²) in [4.78, 5) is 11.6. The number of unbranched alkanes of at least 4 members (excludes halogenated alkanes) is 1. The van der Waals surface area contributed by atoms with Crippen LogP contribution in [0, 0.1) is 0 Å². The fraction of sp³-hybridized carbons (Fsp3) is 0.545. The van der Waals surface area contributed by atoms with Gasteiger partial charge < -0.3 is 15.5 Å². The van der Waals surface area contributed by atoms with Crippen molar-refractivity contribution in [2.24, 2.45) is 5.73 Å². The van der Waals surface area contributed by atoms with Gasteiger partial charge in [0.1, 0.15) is 6.26 Å². The van der Waals surface area contributed by atoms with E-state index in [9.17, 15) is 4.79 Å². The minimum Gasteiger partial charge on any atom is -0.472 e. The Balaban J connectivity index is 2.41. The van der Waals surface area contributed by atoms with Crippen LogP contribution in [-0.4, -0.2) is 18.5 Å². The first-order chi connectivity index (χ1) is 7.27. The summed E-state index contributed by atoms with van der Waals surface area (Å²) in [5, 5.41) is 2.88. The third kappa shape index (κ3) is 3.75. The summed E-state index contributed by atoms with van der Waals surface area (Å²) in [6.45, 7) is 2.59. The summed E-state index contributed by atoms with van der Waals surface area (Å²) < 4.78 is 4.84. The molecule has 1 amide bonds. The van der Waals surface area contributed by atoms with Gasteiger partial charge in [0.2, 0.25) is 0 Å². The van der Waals surface area contributed by atoms with Crippen molar-refractivity contribution in [1.82, 2.24) is 5.32 Å². The highest BCUT2D eigenvalue weighted by Gasteiger charge is 2.12. The van der Waals surface area contributed by atoms with Crippen LogP contribution in [0.25, 0.3) is 0 Å². The average molecular weight is 210 g/mol. The second kappa shape index (κ2) is 6.24. The molecule has 0 bridgehead atoms. The molecule has 0 spiro atoms. The molecule has 15 heavy (non-hydrogen) atoms. The Morgan fingerprint density at radius 3 is 3.00 bits per heavy atom. The molecular formula is C11H18N2O2. The Hall–Kier alpha value is -1.29. The van der Waals surface area contributed by atoms with E-state index in [4.69, 9.17) is 10.2 Å². The molecule has 3 N–H and O–H groups in total. The number of hydrogen-bond donors (Lipinski definition) is 2. The van der Waals surface area contributed by atoms with Crippen molar-refractivity contribution in [1.29, 1.82) is 0 Å². The van der Waals surface area contributed by atoms with Gasteiger partial charge >= 0.3 is 0 Å². The maximum Gasteiger partial charge on any atom is 0.254 e. The van der Waals surface area contributed by atoms with Gasteiger partial charge in [0.25, 0.3) is 5.91 Å². The number of nitrogens with one attached hydrogen (secondary N) is 1. The lowest BCUT2D eigenvalue weighted by molar-refractivity contribution is 0.0935. The van der Waals surface area contributed by atoms with Crippen LogP contribution in [0.5, 0.6) is 0 Å². The molecule has 0 saturated carbocycles. The van der Waals surface area contributed by atoms with E-state index in [1.807, 2.05) is 0 Å². The lowest BCUT2D eigenvalue weighted by Crippen LogP contribution is -2.40. The van der Waals surface area contributed by atoms with Gasteiger partial charge in [0.15, 0.2) is 0 Å². The minimum atomic E-state index is -0.115. The number of furan rings is 1. The van der Waals surface area contributed by atoms with Crippen LogP contribution in [0.4, 0.5) is 0 Å². The van der Waals surface area contributed by atoms with Crippen LogP contribution in [0.1, 0.15) is 36.5 Å². The number of nitrogens with two attached hydrogens (primary N) is 1. The third-order valence-electron chi connectivity index (χ3n) is 2.31. The molecule has 1 atom stereocenters. The van der Waals surface area contributed by atoms with Crippen LogP contribution in [0.3, 0.4) is 0 Å². The Bertz CT molecular complexity index is 283. The normalized spacial score (nSPS) is 12.4. The monoisotopic (exact) mass is 210 g/mol.